The van der Waals surface area contributed by atoms with E-state index in [2.05, 4.69) is 0 Å². The molecule has 0 unspecified atom stereocenters. The summed E-state index contributed by atoms with van der Waals surface area (Å²) in [6, 6.07) is -1.29. The molecule has 0 spiro atoms. The highest BCUT2D eigenvalue weighted by Crippen LogP contribution is 2.50. The number of thioether (sulfide) groups is 1. The molecule has 23 heavy (non-hydrogen) atoms. The number of β-lactam (4-membered cyclic amide) rings is 1. The van der Waals surface area contributed by atoms with E-state index >= 15 is 0 Å². The zero-order valence-corrected chi connectivity index (χ0v) is 14.4. The van der Waals surface area contributed by atoms with E-state index in [1.54, 1.807) is 0 Å². The molecular weight excluding hydrogens is 348 g/mol. The average molecular weight is 365 g/mol. The van der Waals surface area contributed by atoms with Crippen molar-refractivity contribution in [3.63, 3.8) is 0 Å². The highest BCUT2D eigenvalue weighted by Gasteiger charge is 2.63. The molecule has 0 bridgehead atoms. The highest BCUT2D eigenvalue weighted by atomic mass is 35.5. The number of amides is 1. The maximum absolute atomic E-state index is 12.4. The number of rotatable bonds is 3. The van der Waals surface area contributed by atoms with E-state index in [9.17, 15) is 14.4 Å². The van der Waals surface area contributed by atoms with Crippen molar-refractivity contribution >= 4 is 36.0 Å². The molecule has 2 fully saturated rings. The Morgan fingerprint density at radius 1 is 1.39 bits per heavy atom. The maximum atomic E-state index is 12.4. The minimum atomic E-state index is -0.843. The first kappa shape index (κ1) is 17.9. The summed E-state index contributed by atoms with van der Waals surface area (Å²) in [5.74, 6) is -1.23. The van der Waals surface area contributed by atoms with Gasteiger partial charge >= 0.3 is 11.8 Å². The minimum Gasteiger partial charge on any atom is -0.456 e. The second-order valence-electron chi connectivity index (χ2n) is 5.83. The molecule has 2 N–H and O–H groups in total. The summed E-state index contributed by atoms with van der Waals surface area (Å²) in [7, 11) is 0. The van der Waals surface area contributed by atoms with Gasteiger partial charge in [-0.15, -0.1) is 24.2 Å². The van der Waals surface area contributed by atoms with Crippen LogP contribution in [0.25, 0.3) is 0 Å². The Morgan fingerprint density at radius 3 is 2.61 bits per heavy atom. The molecule has 1 aromatic heterocycles. The molecule has 2 saturated heterocycles. The van der Waals surface area contributed by atoms with Crippen molar-refractivity contribution in [2.75, 3.05) is 0 Å². The van der Waals surface area contributed by atoms with Crippen LogP contribution in [0.5, 0.6) is 0 Å². The molecule has 8 nitrogen and oxygen atoms in total. The van der Waals surface area contributed by atoms with Crippen LogP contribution < -0.4 is 11.6 Å². The lowest BCUT2D eigenvalue weighted by molar-refractivity contribution is -0.164. The Kier molecular flexibility index (Phi) is 4.57. The molecule has 0 aliphatic carbocycles. The van der Waals surface area contributed by atoms with Crippen LogP contribution in [-0.4, -0.2) is 39.0 Å². The third-order valence-corrected chi connectivity index (χ3v) is 5.48. The summed E-state index contributed by atoms with van der Waals surface area (Å²) in [6.45, 7) is 5.06. The number of hydrogen-bond donors (Lipinski definition) is 1. The van der Waals surface area contributed by atoms with Crippen LogP contribution in [0.1, 0.15) is 25.4 Å². The first-order valence-electron chi connectivity index (χ1n) is 6.74. The molecular formula is C13H17ClN2O6S. The lowest BCUT2D eigenvalue weighted by Crippen LogP contribution is -2.68. The number of hydrogen-bond acceptors (Lipinski definition) is 8. The van der Waals surface area contributed by atoms with Crippen LogP contribution in [0.3, 0.4) is 0 Å². The molecule has 3 atom stereocenters. The van der Waals surface area contributed by atoms with Crippen LogP contribution in [0.2, 0.25) is 0 Å². The van der Waals surface area contributed by atoms with Gasteiger partial charge in [-0.1, -0.05) is 0 Å². The van der Waals surface area contributed by atoms with E-state index < -0.39 is 28.6 Å². The van der Waals surface area contributed by atoms with Crippen LogP contribution in [0, 0.1) is 6.92 Å². The number of fused-ring (bicyclic) bond motifs is 1. The molecule has 2 aliphatic heterocycles. The molecule has 0 saturated carbocycles. The van der Waals surface area contributed by atoms with Crippen LogP contribution in [0.4, 0.5) is 0 Å². The van der Waals surface area contributed by atoms with Crippen molar-refractivity contribution in [1.29, 1.82) is 0 Å². The van der Waals surface area contributed by atoms with Gasteiger partial charge in [-0.2, -0.15) is 0 Å². The topological polar surface area (TPSA) is 116 Å². The van der Waals surface area contributed by atoms with Crippen molar-refractivity contribution in [1.82, 2.24) is 4.90 Å². The van der Waals surface area contributed by atoms with Gasteiger partial charge in [-0.05, 0) is 20.8 Å². The molecule has 3 heterocycles. The van der Waals surface area contributed by atoms with E-state index in [-0.39, 0.29) is 41.8 Å². The molecule has 2 aliphatic rings. The molecule has 0 radical (unpaired) electrons. The standard InChI is InChI=1S/C13H16N2O6S.ClH/c1-5-6(21-12(18)20-5)4-19-11(17)8-13(2,3)22-10-7(14)9(16)15(8)10;/h7-8,10H,4,14H2,1-3H3;1H/t7-,8+,10-;/m1./s1. The highest BCUT2D eigenvalue weighted by molar-refractivity contribution is 8.01. The normalized spacial score (nSPS) is 27.9. The van der Waals surface area contributed by atoms with Gasteiger partial charge in [0.05, 0.1) is 0 Å². The molecule has 1 amide bonds. The Morgan fingerprint density at radius 2 is 2.04 bits per heavy atom. The van der Waals surface area contributed by atoms with Crippen LogP contribution in [0.15, 0.2) is 13.6 Å². The monoisotopic (exact) mass is 364 g/mol. The van der Waals surface area contributed by atoms with Gasteiger partial charge in [0.15, 0.2) is 18.1 Å². The van der Waals surface area contributed by atoms with Gasteiger partial charge in [-0.25, -0.2) is 9.59 Å². The molecule has 1 aromatic rings. The van der Waals surface area contributed by atoms with Crippen LogP contribution >= 0.6 is 24.2 Å². The quantitative estimate of drug-likeness (QED) is 0.605. The van der Waals surface area contributed by atoms with Gasteiger partial charge in [-0.3, -0.25) is 4.79 Å². The number of esters is 1. The summed E-state index contributed by atoms with van der Waals surface area (Å²) in [4.78, 5) is 36.7. The minimum absolute atomic E-state index is 0. The van der Waals surface area contributed by atoms with E-state index in [4.69, 9.17) is 19.3 Å². The van der Waals surface area contributed by atoms with Crippen molar-refractivity contribution in [3.05, 3.63) is 22.1 Å². The van der Waals surface area contributed by atoms with Gasteiger partial charge in [0, 0.05) is 4.75 Å². The molecule has 128 valence electrons. The maximum Gasteiger partial charge on any atom is 0.519 e. The zero-order chi connectivity index (χ0) is 16.2. The van der Waals surface area contributed by atoms with Gasteiger partial charge < -0.3 is 24.2 Å². The first-order valence-corrected chi connectivity index (χ1v) is 7.62. The second-order valence-corrected chi connectivity index (χ2v) is 7.60. The van der Waals surface area contributed by atoms with Gasteiger partial charge in [0.2, 0.25) is 5.91 Å². The number of carbonyl (C=O) groups excluding carboxylic acids is 2. The Labute approximate surface area is 142 Å². The third kappa shape index (κ3) is 2.77. The summed E-state index contributed by atoms with van der Waals surface area (Å²) >= 11 is 1.48. The fourth-order valence-corrected chi connectivity index (χ4v) is 4.31. The third-order valence-electron chi connectivity index (χ3n) is 3.89. The van der Waals surface area contributed by atoms with E-state index in [1.165, 1.54) is 23.6 Å². The molecule has 0 aromatic carbocycles. The number of aryl methyl sites for hydroxylation is 1. The fraction of sp³-hybridized carbons (Fsp3) is 0.615. The predicted molar refractivity (Wildman–Crippen MR) is 83.1 cm³/mol. The van der Waals surface area contributed by atoms with Crippen molar-refractivity contribution in [3.8, 4) is 0 Å². The van der Waals surface area contributed by atoms with Crippen molar-refractivity contribution < 1.29 is 23.2 Å². The Hall–Kier alpha value is -1.45. The Balaban J connectivity index is 0.00000192. The van der Waals surface area contributed by atoms with Crippen molar-refractivity contribution in [2.45, 2.75) is 49.6 Å². The number of carbonyl (C=O) groups is 2. The average Bonchev–Trinajstić information content (AvgIpc) is 2.90. The molecule has 10 heteroatoms. The summed E-state index contributed by atoms with van der Waals surface area (Å²) < 4.78 is 14.2. The second kappa shape index (κ2) is 5.88. The number of nitrogens with two attached hydrogens (primary N) is 1. The van der Waals surface area contributed by atoms with E-state index in [0.29, 0.717) is 0 Å². The zero-order valence-electron chi connectivity index (χ0n) is 12.7. The lowest BCUT2D eigenvalue weighted by atomic mass is 9.96. The molecule has 3 rings (SSSR count). The number of ether oxygens (including phenoxy) is 1. The smallest absolute Gasteiger partial charge is 0.456 e. The number of nitrogens with zero attached hydrogens (tertiary/aromatic N) is 1. The first-order chi connectivity index (χ1) is 10.2. The van der Waals surface area contributed by atoms with Gasteiger partial charge in [0.1, 0.15) is 17.5 Å². The van der Waals surface area contributed by atoms with Crippen molar-refractivity contribution in [2.24, 2.45) is 5.73 Å². The van der Waals surface area contributed by atoms with Gasteiger partial charge in [0.25, 0.3) is 0 Å². The number of halogens is 1. The largest absolute Gasteiger partial charge is 0.519 e. The fourth-order valence-electron chi connectivity index (χ4n) is 2.74. The summed E-state index contributed by atoms with van der Waals surface area (Å²) in [5.41, 5.74) is 5.75. The van der Waals surface area contributed by atoms with Crippen LogP contribution in [-0.2, 0) is 20.9 Å². The van der Waals surface area contributed by atoms with E-state index in [0.717, 1.165) is 0 Å². The summed E-state index contributed by atoms with van der Waals surface area (Å²) in [6.07, 6.45) is 0. The van der Waals surface area contributed by atoms with E-state index in [1.807, 2.05) is 13.8 Å². The Bertz CT molecular complexity index is 699. The predicted octanol–water partition coefficient (Wildman–Crippen LogP) is 0.396. The SMILES string of the molecule is Cc1oc(=O)oc1COC(=O)[C@@H]1N2C(=O)[C@@H](N)[C@H]2SC1(C)C.Cl. The lowest BCUT2D eigenvalue weighted by Gasteiger charge is -2.41. The summed E-state index contributed by atoms with van der Waals surface area (Å²) in [5, 5.41) is -0.200.